The van der Waals surface area contributed by atoms with Gasteiger partial charge in [-0.1, -0.05) is 97.1 Å². The third-order valence-corrected chi connectivity index (χ3v) is 14.3. The largest absolute Gasteiger partial charge is 0.422 e. The van der Waals surface area contributed by atoms with Crippen LogP contribution in [0.25, 0.3) is 21.8 Å². The van der Waals surface area contributed by atoms with Crippen LogP contribution >= 0.6 is 0 Å². The van der Waals surface area contributed by atoms with Crippen molar-refractivity contribution in [3.63, 3.8) is 0 Å². The van der Waals surface area contributed by atoms with E-state index < -0.39 is 46.5 Å². The summed E-state index contributed by atoms with van der Waals surface area (Å²) in [7, 11) is 0. The summed E-state index contributed by atoms with van der Waals surface area (Å²) in [5.41, 5.74) is -3.26. The molecule has 2 saturated heterocycles. The smallest absolute Gasteiger partial charge is 0.375 e. The Bertz CT molecular complexity index is 3060. The van der Waals surface area contributed by atoms with E-state index in [1.807, 2.05) is 121 Å². The number of rotatable bonds is 14. The molecule has 0 aliphatic carbocycles. The molecular weight excluding hydrogens is 995 g/mol. The number of alkyl halides is 6. The lowest BCUT2D eigenvalue weighted by Gasteiger charge is -2.40. The number of hydrogen-bond donors (Lipinski definition) is 2. The lowest BCUT2D eigenvalue weighted by molar-refractivity contribution is -0.384. The van der Waals surface area contributed by atoms with Gasteiger partial charge in [0.2, 0.25) is 11.2 Å². The highest BCUT2D eigenvalue weighted by atomic mass is 19.4. The Kier molecular flexibility index (Phi) is 15.2. The average Bonchev–Trinajstić information content (AvgIpc) is 4.00. The number of halogens is 6. The van der Waals surface area contributed by atoms with Crippen molar-refractivity contribution in [2.45, 2.75) is 36.6 Å². The summed E-state index contributed by atoms with van der Waals surface area (Å²) in [6.07, 6.45) is -7.38. The summed E-state index contributed by atoms with van der Waals surface area (Å²) in [5, 5.41) is 45.9. The Balaban J connectivity index is 0.000000186. The predicted molar refractivity (Wildman–Crippen MR) is 278 cm³/mol. The maximum absolute atomic E-state index is 14.7. The molecule has 8 aromatic rings. The molecule has 0 amide bonds. The van der Waals surface area contributed by atoms with Crippen LogP contribution < -0.4 is 9.80 Å². The molecule has 0 saturated carbocycles. The molecule has 2 N–H and O–H groups in total. The van der Waals surface area contributed by atoms with Gasteiger partial charge in [0.05, 0.1) is 20.9 Å². The first-order valence-corrected chi connectivity index (χ1v) is 24.6. The van der Waals surface area contributed by atoms with Crippen LogP contribution in [-0.2, 0) is 24.3 Å². The van der Waals surface area contributed by atoms with E-state index in [1.54, 1.807) is 9.80 Å². The maximum atomic E-state index is 14.7. The van der Waals surface area contributed by atoms with Gasteiger partial charge in [-0.25, -0.2) is 0 Å². The molecule has 2 atom stereocenters. The molecule has 6 aromatic carbocycles. The van der Waals surface area contributed by atoms with Crippen molar-refractivity contribution in [2.75, 3.05) is 75.2 Å². The minimum atomic E-state index is -4.98. The Morgan fingerprint density at radius 3 is 1.07 bits per heavy atom. The zero-order valence-corrected chi connectivity index (χ0v) is 41.0. The molecule has 14 nitrogen and oxygen atoms in total. The van der Waals surface area contributed by atoms with Gasteiger partial charge in [-0.3, -0.25) is 30.0 Å². The van der Waals surface area contributed by atoms with Crippen LogP contribution in [0.2, 0.25) is 0 Å². The molecule has 2 aromatic heterocycles. The molecule has 76 heavy (non-hydrogen) atoms. The number of aliphatic hydroxyl groups is 2. The molecule has 4 heterocycles. The Labute approximate surface area is 433 Å². The monoisotopic (exact) mass is 1050 g/mol. The number of nitro groups is 2. The number of non-ortho nitro benzene ring substituents is 2. The minimum absolute atomic E-state index is 0.134. The van der Waals surface area contributed by atoms with Crippen LogP contribution in [0.5, 0.6) is 0 Å². The van der Waals surface area contributed by atoms with Crippen LogP contribution in [0.4, 0.5) is 49.1 Å². The summed E-state index contributed by atoms with van der Waals surface area (Å²) in [6, 6.07) is 45.0. The molecule has 20 heteroatoms. The predicted octanol–water partition coefficient (Wildman–Crippen LogP) is 10.3. The van der Waals surface area contributed by atoms with Gasteiger partial charge in [0.25, 0.3) is 11.4 Å². The van der Waals surface area contributed by atoms with Gasteiger partial charge in [-0.2, -0.15) is 26.3 Å². The van der Waals surface area contributed by atoms with E-state index in [2.05, 4.69) is 9.80 Å². The Hall–Kier alpha value is -7.78. The molecule has 2 fully saturated rings. The van der Waals surface area contributed by atoms with Gasteiger partial charge in [-0.05, 0) is 47.5 Å². The normalized spacial score (nSPS) is 16.5. The summed E-state index contributed by atoms with van der Waals surface area (Å²) in [5.74, 6) is 0. The molecule has 2 aliphatic rings. The maximum Gasteiger partial charge on any atom is 0.422 e. The number of aromatic nitrogens is 2. The fraction of sp³-hybridized carbons (Fsp3) is 0.286. The van der Waals surface area contributed by atoms with Crippen LogP contribution in [0.3, 0.4) is 0 Å². The second-order valence-electron chi connectivity index (χ2n) is 19.1. The molecule has 0 radical (unpaired) electrons. The van der Waals surface area contributed by atoms with Crippen molar-refractivity contribution in [1.29, 1.82) is 0 Å². The van der Waals surface area contributed by atoms with Crippen molar-refractivity contribution in [3.8, 4) is 0 Å². The molecule has 10 rings (SSSR count). The van der Waals surface area contributed by atoms with Gasteiger partial charge in [0.15, 0.2) is 0 Å². The van der Waals surface area contributed by atoms with E-state index in [4.69, 9.17) is 0 Å². The number of β-amino-alcohol motifs (C(OH)–C–C–N with tert-alkyl or cyclic N) is 2. The second-order valence-corrected chi connectivity index (χ2v) is 19.1. The SMILES string of the molecule is O=[N+]([O-])c1ccc2c(C(O)(CN3CCN(c4ccccc4)CC3)C(F)(F)F)cn(Cc3ccccc3)c2c1.O=[N+]([O-])c1ccc2c(C(O)(CN3CCN(c4ccccc4)CC3)C(F)(F)F)cn(Cc3ccccc3)c2c1. The Morgan fingerprint density at radius 2 is 0.763 bits per heavy atom. The number of nitrogens with zero attached hydrogens (tertiary/aromatic N) is 8. The average molecular weight is 1050 g/mol. The zero-order valence-electron chi connectivity index (χ0n) is 41.0. The third-order valence-electron chi connectivity index (χ3n) is 14.3. The first kappa shape index (κ1) is 53.1. The van der Waals surface area contributed by atoms with Gasteiger partial charge < -0.3 is 29.1 Å². The molecule has 0 spiro atoms. The highest BCUT2D eigenvalue weighted by molar-refractivity contribution is 5.88. The van der Waals surface area contributed by atoms with Gasteiger partial charge in [0.1, 0.15) is 0 Å². The summed E-state index contributed by atoms with van der Waals surface area (Å²) in [6.45, 7) is 2.62. The number of benzene rings is 6. The topological polar surface area (TPSA) is 150 Å². The van der Waals surface area contributed by atoms with Crippen molar-refractivity contribution < 1.29 is 46.4 Å². The molecular formula is C56H54F6N8O6. The van der Waals surface area contributed by atoms with E-state index in [9.17, 15) is 56.8 Å². The van der Waals surface area contributed by atoms with Crippen LogP contribution in [0.1, 0.15) is 22.3 Å². The zero-order chi connectivity index (χ0) is 53.8. The summed E-state index contributed by atoms with van der Waals surface area (Å²) >= 11 is 0. The Morgan fingerprint density at radius 1 is 0.447 bits per heavy atom. The molecule has 2 unspecified atom stereocenters. The van der Waals surface area contributed by atoms with Gasteiger partial charge in [-0.15, -0.1) is 0 Å². The first-order chi connectivity index (χ1) is 36.3. The van der Waals surface area contributed by atoms with E-state index >= 15 is 0 Å². The van der Waals surface area contributed by atoms with Crippen molar-refractivity contribution in [1.82, 2.24) is 18.9 Å². The lowest BCUT2D eigenvalue weighted by Crippen LogP contribution is -2.55. The van der Waals surface area contributed by atoms with Crippen molar-refractivity contribution in [3.05, 3.63) is 213 Å². The number of para-hydroxylation sites is 2. The number of hydrogen-bond acceptors (Lipinski definition) is 10. The van der Waals surface area contributed by atoms with Crippen LogP contribution in [-0.4, -0.2) is 117 Å². The van der Waals surface area contributed by atoms with E-state index in [0.717, 1.165) is 22.5 Å². The lowest BCUT2D eigenvalue weighted by atomic mass is 9.91. The summed E-state index contributed by atoms with van der Waals surface area (Å²) in [4.78, 5) is 29.1. The minimum Gasteiger partial charge on any atom is -0.375 e. The van der Waals surface area contributed by atoms with Crippen LogP contribution in [0.15, 0.2) is 170 Å². The van der Waals surface area contributed by atoms with E-state index in [1.165, 1.54) is 57.9 Å². The highest BCUT2D eigenvalue weighted by Crippen LogP contribution is 2.46. The third kappa shape index (κ3) is 11.3. The van der Waals surface area contributed by atoms with Crippen LogP contribution in [0, 0.1) is 20.2 Å². The first-order valence-electron chi connectivity index (χ1n) is 24.6. The molecule has 396 valence electrons. The molecule has 0 bridgehead atoms. The number of anilines is 2. The summed E-state index contributed by atoms with van der Waals surface area (Å²) < 4.78 is 91.0. The van der Waals surface area contributed by atoms with Gasteiger partial charge >= 0.3 is 12.4 Å². The molecule has 2 aliphatic heterocycles. The van der Waals surface area contributed by atoms with E-state index in [0.29, 0.717) is 52.4 Å². The van der Waals surface area contributed by atoms with E-state index in [-0.39, 0.29) is 57.4 Å². The fourth-order valence-electron chi connectivity index (χ4n) is 10.2. The fourth-order valence-corrected chi connectivity index (χ4v) is 10.2. The van der Waals surface area contributed by atoms with Gasteiger partial charge in [0, 0.05) is 148 Å². The number of piperazine rings is 2. The second kappa shape index (κ2) is 21.8. The standard InChI is InChI=1S/2C28H27F3N4O3/c2*29-28(30,31)27(36,20-32-13-15-33(16-14-32)22-9-5-2-6-10-22)25-19-34(18-21-7-3-1-4-8-21)26-17-23(35(37)38)11-12-24(25)26/h2*1-12,17,19,36H,13-16,18,20H2. The van der Waals surface area contributed by atoms with Crippen molar-refractivity contribution in [2.24, 2.45) is 0 Å². The van der Waals surface area contributed by atoms with Crippen molar-refractivity contribution >= 4 is 44.6 Å². The highest BCUT2D eigenvalue weighted by Gasteiger charge is 2.58. The number of nitro benzene ring substituents is 2. The quantitative estimate of drug-likeness (QED) is 0.0612. The number of fused-ring (bicyclic) bond motifs is 2.